The van der Waals surface area contributed by atoms with E-state index in [4.69, 9.17) is 13.9 Å². The van der Waals surface area contributed by atoms with Crippen LogP contribution in [0.1, 0.15) is 11.1 Å². The molecule has 2 heterocycles. The zero-order chi connectivity index (χ0) is 19.7. The Hall–Kier alpha value is -3.13. The summed E-state index contributed by atoms with van der Waals surface area (Å²) in [6.07, 6.45) is 0.826. The molecular weight excluding hydrogens is 365 g/mol. The van der Waals surface area contributed by atoms with Gasteiger partial charge in [-0.1, -0.05) is 0 Å². The van der Waals surface area contributed by atoms with Gasteiger partial charge < -0.3 is 13.9 Å². The van der Waals surface area contributed by atoms with Gasteiger partial charge in [-0.25, -0.2) is 9.18 Å². The van der Waals surface area contributed by atoms with Crippen LogP contribution in [0.4, 0.5) is 4.39 Å². The third-order valence-corrected chi connectivity index (χ3v) is 4.83. The van der Waals surface area contributed by atoms with Crippen molar-refractivity contribution in [1.82, 2.24) is 14.7 Å². The van der Waals surface area contributed by atoms with Crippen LogP contribution < -0.4 is 15.2 Å². The molecule has 0 bridgehead atoms. The molecule has 8 heteroatoms. The van der Waals surface area contributed by atoms with Gasteiger partial charge in [0.15, 0.2) is 11.5 Å². The fourth-order valence-electron chi connectivity index (χ4n) is 3.36. The molecule has 28 heavy (non-hydrogen) atoms. The van der Waals surface area contributed by atoms with E-state index in [1.807, 2.05) is 12.1 Å². The molecule has 1 aliphatic heterocycles. The molecule has 1 aromatic heterocycles. The van der Waals surface area contributed by atoms with Gasteiger partial charge in [0.2, 0.25) is 5.89 Å². The third-order valence-electron chi connectivity index (χ3n) is 4.83. The van der Waals surface area contributed by atoms with E-state index in [9.17, 15) is 9.18 Å². The minimum atomic E-state index is -0.544. The maximum Gasteiger partial charge on any atom is 0.438 e. The number of ether oxygens (including phenoxy) is 2. The van der Waals surface area contributed by atoms with Gasteiger partial charge in [-0.2, -0.15) is 4.68 Å². The van der Waals surface area contributed by atoms with Gasteiger partial charge in [0.05, 0.1) is 14.2 Å². The van der Waals surface area contributed by atoms with E-state index in [0.717, 1.165) is 18.5 Å². The molecule has 0 amide bonds. The first-order chi connectivity index (χ1) is 13.6. The Balaban J connectivity index is 1.53. The molecule has 7 nitrogen and oxygen atoms in total. The molecule has 0 saturated carbocycles. The highest BCUT2D eigenvalue weighted by atomic mass is 19.1. The molecule has 0 fully saturated rings. The maximum atomic E-state index is 13.1. The Morgan fingerprint density at radius 3 is 2.46 bits per heavy atom. The lowest BCUT2D eigenvalue weighted by Crippen LogP contribution is -2.35. The van der Waals surface area contributed by atoms with Crippen LogP contribution in [0.2, 0.25) is 0 Å². The minimum Gasteiger partial charge on any atom is -0.493 e. The number of halogens is 1. The molecule has 0 spiro atoms. The van der Waals surface area contributed by atoms with Crippen LogP contribution in [0.25, 0.3) is 11.5 Å². The lowest BCUT2D eigenvalue weighted by molar-refractivity contribution is 0.183. The molecule has 0 atom stereocenters. The van der Waals surface area contributed by atoms with Crippen LogP contribution in [0, 0.1) is 5.82 Å². The highest BCUT2D eigenvalue weighted by molar-refractivity contribution is 5.51. The number of hydrogen-bond donors (Lipinski definition) is 0. The largest absolute Gasteiger partial charge is 0.493 e. The number of methoxy groups -OCH3 is 2. The van der Waals surface area contributed by atoms with Gasteiger partial charge >= 0.3 is 5.76 Å². The van der Waals surface area contributed by atoms with Crippen molar-refractivity contribution in [2.75, 3.05) is 20.8 Å². The predicted molar refractivity (Wildman–Crippen MR) is 99.8 cm³/mol. The number of fused-ring (bicyclic) bond motifs is 1. The first kappa shape index (κ1) is 18.2. The SMILES string of the molecule is COc1cc2c(cc1OC)CN(Cn1nc(-c3ccc(F)cc3)oc1=O)CC2. The van der Waals surface area contributed by atoms with Crippen LogP contribution in [-0.4, -0.2) is 35.4 Å². The predicted octanol–water partition coefficient (Wildman–Crippen LogP) is 2.68. The summed E-state index contributed by atoms with van der Waals surface area (Å²) in [4.78, 5) is 14.3. The highest BCUT2D eigenvalue weighted by Gasteiger charge is 2.21. The monoisotopic (exact) mass is 385 g/mol. The normalized spacial score (nSPS) is 14.0. The Bertz CT molecular complexity index is 1040. The van der Waals surface area contributed by atoms with Crippen molar-refractivity contribution in [3.63, 3.8) is 0 Å². The number of hydrogen-bond acceptors (Lipinski definition) is 6. The summed E-state index contributed by atoms with van der Waals surface area (Å²) in [7, 11) is 3.23. The van der Waals surface area contributed by atoms with Crippen molar-refractivity contribution in [2.45, 2.75) is 19.6 Å². The van der Waals surface area contributed by atoms with Crippen molar-refractivity contribution in [2.24, 2.45) is 0 Å². The van der Waals surface area contributed by atoms with Gasteiger partial charge in [0.1, 0.15) is 12.5 Å². The molecule has 0 saturated heterocycles. The Kier molecular flexibility index (Phi) is 4.87. The molecule has 0 unspecified atom stereocenters. The Morgan fingerprint density at radius 2 is 1.79 bits per heavy atom. The highest BCUT2D eigenvalue weighted by Crippen LogP contribution is 2.33. The molecule has 2 aromatic carbocycles. The zero-order valence-corrected chi connectivity index (χ0v) is 15.6. The third kappa shape index (κ3) is 3.50. The quantitative estimate of drug-likeness (QED) is 0.673. The summed E-state index contributed by atoms with van der Waals surface area (Å²) in [5.74, 6) is 0.669. The first-order valence-electron chi connectivity index (χ1n) is 8.87. The van der Waals surface area contributed by atoms with Crippen molar-refractivity contribution in [1.29, 1.82) is 0 Å². The van der Waals surface area contributed by atoms with Gasteiger partial charge in [0.25, 0.3) is 0 Å². The molecule has 4 rings (SSSR count). The smallest absolute Gasteiger partial charge is 0.438 e. The van der Waals surface area contributed by atoms with Crippen LogP contribution in [0.3, 0.4) is 0 Å². The summed E-state index contributed by atoms with van der Waals surface area (Å²) in [5.41, 5.74) is 2.88. The summed E-state index contributed by atoms with van der Waals surface area (Å²) in [6.45, 7) is 1.73. The summed E-state index contributed by atoms with van der Waals surface area (Å²) >= 11 is 0. The van der Waals surface area contributed by atoms with Crippen LogP contribution in [-0.2, 0) is 19.6 Å². The van der Waals surface area contributed by atoms with E-state index in [1.165, 1.54) is 34.5 Å². The van der Waals surface area contributed by atoms with Crippen molar-refractivity contribution in [3.8, 4) is 23.0 Å². The number of aromatic nitrogens is 2. The molecular formula is C20H20FN3O4. The second kappa shape index (κ2) is 7.47. The fraction of sp³-hybridized carbons (Fsp3) is 0.300. The fourth-order valence-corrected chi connectivity index (χ4v) is 3.36. The summed E-state index contributed by atoms with van der Waals surface area (Å²) in [5, 5.41) is 4.25. The van der Waals surface area contributed by atoms with E-state index >= 15 is 0 Å². The number of rotatable bonds is 5. The standard InChI is InChI=1S/C20H20FN3O4/c1-26-17-9-14-7-8-23(11-15(14)10-18(17)27-2)12-24-20(25)28-19(22-24)13-3-5-16(21)6-4-13/h3-6,9-10H,7-8,11-12H2,1-2H3. The average molecular weight is 385 g/mol. The van der Waals surface area contributed by atoms with E-state index in [0.29, 0.717) is 30.3 Å². The second-order valence-corrected chi connectivity index (χ2v) is 6.60. The molecule has 1 aliphatic rings. The van der Waals surface area contributed by atoms with Crippen LogP contribution >= 0.6 is 0 Å². The Labute approximate surface area is 160 Å². The number of nitrogens with zero attached hydrogens (tertiary/aromatic N) is 3. The van der Waals surface area contributed by atoms with Crippen LogP contribution in [0.15, 0.2) is 45.6 Å². The Morgan fingerprint density at radius 1 is 1.11 bits per heavy atom. The molecule has 3 aromatic rings. The van der Waals surface area contributed by atoms with Gasteiger partial charge in [-0.3, -0.25) is 4.90 Å². The van der Waals surface area contributed by atoms with E-state index in [-0.39, 0.29) is 11.7 Å². The van der Waals surface area contributed by atoms with Crippen molar-refractivity contribution in [3.05, 3.63) is 63.9 Å². The van der Waals surface area contributed by atoms with E-state index in [2.05, 4.69) is 10.00 Å². The summed E-state index contributed by atoms with van der Waals surface area (Å²) < 4.78 is 30.3. The minimum absolute atomic E-state index is 0.175. The molecule has 0 N–H and O–H groups in total. The zero-order valence-electron chi connectivity index (χ0n) is 15.6. The first-order valence-corrected chi connectivity index (χ1v) is 8.87. The van der Waals surface area contributed by atoms with Crippen LogP contribution in [0.5, 0.6) is 11.5 Å². The topological polar surface area (TPSA) is 69.7 Å². The van der Waals surface area contributed by atoms with Crippen molar-refractivity contribution >= 4 is 0 Å². The maximum absolute atomic E-state index is 13.1. The molecule has 0 radical (unpaired) electrons. The van der Waals surface area contributed by atoms with E-state index < -0.39 is 5.76 Å². The van der Waals surface area contributed by atoms with Gasteiger partial charge in [0, 0.05) is 18.7 Å². The average Bonchev–Trinajstić information content (AvgIpc) is 3.07. The van der Waals surface area contributed by atoms with Crippen molar-refractivity contribution < 1.29 is 18.3 Å². The lowest BCUT2D eigenvalue weighted by Gasteiger charge is -2.28. The summed E-state index contributed by atoms with van der Waals surface area (Å²) in [6, 6.07) is 9.63. The molecule has 0 aliphatic carbocycles. The van der Waals surface area contributed by atoms with E-state index in [1.54, 1.807) is 14.2 Å². The molecule has 146 valence electrons. The van der Waals surface area contributed by atoms with Gasteiger partial charge in [-0.15, -0.1) is 5.10 Å². The number of benzene rings is 2. The van der Waals surface area contributed by atoms with Gasteiger partial charge in [-0.05, 0) is 53.9 Å². The second-order valence-electron chi connectivity index (χ2n) is 6.60. The lowest BCUT2D eigenvalue weighted by atomic mass is 9.99.